The molecule has 3 aromatic rings. The summed E-state index contributed by atoms with van der Waals surface area (Å²) in [4.78, 5) is 4.23. The first kappa shape index (κ1) is 17.9. The minimum Gasteiger partial charge on any atom is -0.431 e. The van der Waals surface area contributed by atoms with E-state index < -0.39 is 10.0 Å². The number of hydrogen-bond donors (Lipinski definition) is 1. The number of nitrogens with zero attached hydrogens (tertiary/aromatic N) is 1. The van der Waals surface area contributed by atoms with E-state index in [2.05, 4.69) is 9.71 Å². The van der Waals surface area contributed by atoms with E-state index in [0.717, 1.165) is 5.56 Å². The van der Waals surface area contributed by atoms with Crippen molar-refractivity contribution < 1.29 is 13.2 Å². The van der Waals surface area contributed by atoms with Gasteiger partial charge >= 0.3 is 0 Å². The van der Waals surface area contributed by atoms with Gasteiger partial charge < -0.3 is 4.74 Å². The van der Waals surface area contributed by atoms with Gasteiger partial charge in [-0.2, -0.15) is 0 Å². The zero-order valence-corrected chi connectivity index (χ0v) is 15.7. The van der Waals surface area contributed by atoms with Crippen LogP contribution in [0.25, 0.3) is 0 Å². The smallest absolute Gasteiger partial charge is 0.278 e. The lowest BCUT2D eigenvalue weighted by Gasteiger charge is -2.10. The summed E-state index contributed by atoms with van der Waals surface area (Å²) in [5.41, 5.74) is 1.35. The predicted octanol–water partition coefficient (Wildman–Crippen LogP) is 4.38. The predicted molar refractivity (Wildman–Crippen MR) is 98.8 cm³/mol. The molecule has 0 saturated heterocycles. The fraction of sp³-hybridized carbons (Fsp3) is 0.118. The first-order valence-electron chi connectivity index (χ1n) is 7.37. The van der Waals surface area contributed by atoms with E-state index in [9.17, 15) is 8.42 Å². The number of thiazole rings is 1. The Morgan fingerprint density at radius 1 is 1.20 bits per heavy atom. The van der Waals surface area contributed by atoms with Crippen molar-refractivity contribution in [3.63, 3.8) is 0 Å². The zero-order chi connectivity index (χ0) is 17.9. The molecule has 5 nitrogen and oxygen atoms in total. The van der Waals surface area contributed by atoms with Crippen LogP contribution in [0, 0.1) is 6.92 Å². The molecule has 1 aromatic heterocycles. The summed E-state index contributed by atoms with van der Waals surface area (Å²) in [6.45, 7) is 1.85. The molecule has 130 valence electrons. The Kier molecular flexibility index (Phi) is 5.39. The molecule has 0 radical (unpaired) electrons. The van der Waals surface area contributed by atoms with Gasteiger partial charge in [-0.3, -0.25) is 0 Å². The number of benzene rings is 2. The molecule has 1 heterocycles. The van der Waals surface area contributed by atoms with Crippen LogP contribution in [0.1, 0.15) is 11.1 Å². The maximum absolute atomic E-state index is 12.5. The molecule has 0 amide bonds. The van der Waals surface area contributed by atoms with Crippen molar-refractivity contribution in [2.45, 2.75) is 18.4 Å². The summed E-state index contributed by atoms with van der Waals surface area (Å²) < 4.78 is 33.1. The van der Waals surface area contributed by atoms with Crippen molar-refractivity contribution in [3.8, 4) is 10.9 Å². The summed E-state index contributed by atoms with van der Waals surface area (Å²) >= 11 is 7.40. The van der Waals surface area contributed by atoms with E-state index >= 15 is 0 Å². The van der Waals surface area contributed by atoms with Crippen LogP contribution in [0.15, 0.2) is 58.9 Å². The van der Waals surface area contributed by atoms with Crippen molar-refractivity contribution in [1.82, 2.24) is 9.71 Å². The second kappa shape index (κ2) is 7.53. The van der Waals surface area contributed by atoms with Crippen LogP contribution in [-0.4, -0.2) is 13.4 Å². The summed E-state index contributed by atoms with van der Waals surface area (Å²) in [5, 5.41) is 2.81. The van der Waals surface area contributed by atoms with Crippen molar-refractivity contribution in [2.24, 2.45) is 0 Å². The molecule has 8 heteroatoms. The lowest BCUT2D eigenvalue weighted by atomic mass is 10.2. The topological polar surface area (TPSA) is 68.3 Å². The van der Waals surface area contributed by atoms with Crippen LogP contribution in [-0.2, 0) is 16.6 Å². The monoisotopic (exact) mass is 394 g/mol. The SMILES string of the molecule is Cc1c(Cl)cccc1S(=O)(=O)NCc1ccc(Oc2nccs2)cc1. The molecule has 0 saturated carbocycles. The molecule has 25 heavy (non-hydrogen) atoms. The van der Waals surface area contributed by atoms with Crippen LogP contribution in [0.4, 0.5) is 0 Å². The minimum atomic E-state index is -3.64. The van der Waals surface area contributed by atoms with Crippen LogP contribution in [0.2, 0.25) is 5.02 Å². The maximum Gasteiger partial charge on any atom is 0.278 e. The van der Waals surface area contributed by atoms with E-state index in [0.29, 0.717) is 21.5 Å². The zero-order valence-electron chi connectivity index (χ0n) is 13.3. The van der Waals surface area contributed by atoms with Crippen molar-refractivity contribution in [3.05, 3.63) is 70.2 Å². The van der Waals surface area contributed by atoms with E-state index in [-0.39, 0.29) is 11.4 Å². The van der Waals surface area contributed by atoms with E-state index in [1.165, 1.54) is 17.4 Å². The third kappa shape index (κ3) is 4.38. The molecule has 0 atom stereocenters. The average Bonchev–Trinajstić information content (AvgIpc) is 3.10. The fourth-order valence-corrected chi connectivity index (χ4v) is 4.19. The standard InChI is InChI=1S/C17H15ClN2O3S2/c1-12-15(18)3-2-4-16(12)25(21,22)20-11-13-5-7-14(8-6-13)23-17-19-9-10-24-17/h2-10,20H,11H2,1H3. The van der Waals surface area contributed by atoms with E-state index in [4.69, 9.17) is 16.3 Å². The van der Waals surface area contributed by atoms with E-state index in [1.54, 1.807) is 49.5 Å². The number of rotatable bonds is 6. The lowest BCUT2D eigenvalue weighted by molar-refractivity contribution is 0.478. The third-order valence-corrected chi connectivity index (χ3v) is 6.12. The van der Waals surface area contributed by atoms with Crippen LogP contribution >= 0.6 is 22.9 Å². The number of hydrogen-bond acceptors (Lipinski definition) is 5. The summed E-state index contributed by atoms with van der Waals surface area (Å²) in [7, 11) is -3.64. The van der Waals surface area contributed by atoms with Crippen LogP contribution < -0.4 is 9.46 Å². The highest BCUT2D eigenvalue weighted by molar-refractivity contribution is 7.89. The number of sulfonamides is 1. The highest BCUT2D eigenvalue weighted by Gasteiger charge is 2.17. The lowest BCUT2D eigenvalue weighted by Crippen LogP contribution is -2.24. The van der Waals surface area contributed by atoms with Gasteiger partial charge in [-0.05, 0) is 42.3 Å². The summed E-state index contributed by atoms with van der Waals surface area (Å²) in [6.07, 6.45) is 1.67. The first-order valence-corrected chi connectivity index (χ1v) is 10.1. The number of nitrogens with one attached hydrogen (secondary N) is 1. The second-order valence-corrected chi connectivity index (χ2v) is 8.23. The Balaban J connectivity index is 1.67. The minimum absolute atomic E-state index is 0.172. The average molecular weight is 395 g/mol. The van der Waals surface area contributed by atoms with Gasteiger partial charge in [0.2, 0.25) is 10.0 Å². The van der Waals surface area contributed by atoms with Gasteiger partial charge in [0, 0.05) is 23.1 Å². The molecular weight excluding hydrogens is 380 g/mol. The first-order chi connectivity index (χ1) is 12.0. The number of aromatic nitrogens is 1. The summed E-state index contributed by atoms with van der Waals surface area (Å²) in [5.74, 6) is 0.646. The van der Waals surface area contributed by atoms with Crippen LogP contribution in [0.5, 0.6) is 10.9 Å². The Morgan fingerprint density at radius 3 is 2.64 bits per heavy atom. The third-order valence-electron chi connectivity index (χ3n) is 3.51. The highest BCUT2D eigenvalue weighted by Crippen LogP contribution is 2.24. The normalized spacial score (nSPS) is 11.4. The van der Waals surface area contributed by atoms with E-state index in [1.807, 2.05) is 5.38 Å². The van der Waals surface area contributed by atoms with Crippen molar-refractivity contribution >= 4 is 33.0 Å². The molecule has 0 aliphatic rings. The van der Waals surface area contributed by atoms with Gasteiger partial charge in [0.15, 0.2) is 0 Å². The van der Waals surface area contributed by atoms with Gasteiger partial charge in [0.25, 0.3) is 5.19 Å². The fourth-order valence-electron chi connectivity index (χ4n) is 2.17. The molecule has 0 aliphatic heterocycles. The number of halogens is 1. The quantitative estimate of drug-likeness (QED) is 0.673. The van der Waals surface area contributed by atoms with Crippen molar-refractivity contribution in [1.29, 1.82) is 0 Å². The summed E-state index contributed by atoms with van der Waals surface area (Å²) in [6, 6.07) is 12.0. The number of ether oxygens (including phenoxy) is 1. The molecule has 0 aliphatic carbocycles. The highest BCUT2D eigenvalue weighted by atomic mass is 35.5. The van der Waals surface area contributed by atoms with Gasteiger partial charge in [0.05, 0.1) is 4.90 Å². The van der Waals surface area contributed by atoms with Crippen molar-refractivity contribution in [2.75, 3.05) is 0 Å². The molecule has 0 unspecified atom stereocenters. The van der Waals surface area contributed by atoms with Gasteiger partial charge in [0.1, 0.15) is 5.75 Å². The largest absolute Gasteiger partial charge is 0.431 e. The molecule has 0 spiro atoms. The second-order valence-electron chi connectivity index (χ2n) is 5.23. The molecule has 1 N–H and O–H groups in total. The maximum atomic E-state index is 12.5. The Hall–Kier alpha value is -1.93. The molecule has 2 aromatic carbocycles. The van der Waals surface area contributed by atoms with Crippen LogP contribution in [0.3, 0.4) is 0 Å². The molecule has 3 rings (SSSR count). The van der Waals surface area contributed by atoms with Gasteiger partial charge in [-0.1, -0.05) is 41.1 Å². The van der Waals surface area contributed by atoms with Gasteiger partial charge in [-0.15, -0.1) is 0 Å². The van der Waals surface area contributed by atoms with Gasteiger partial charge in [-0.25, -0.2) is 18.1 Å². The molecule has 0 bridgehead atoms. The Labute approximate surface area is 155 Å². The molecule has 0 fully saturated rings. The Bertz CT molecular complexity index is 956. The molecular formula is C17H15ClN2O3S2. The Morgan fingerprint density at radius 2 is 1.96 bits per heavy atom.